The predicted octanol–water partition coefficient (Wildman–Crippen LogP) is 0.769. The van der Waals surface area contributed by atoms with Gasteiger partial charge in [-0.05, 0) is 19.4 Å². The van der Waals surface area contributed by atoms with Gasteiger partial charge in [0.15, 0.2) is 0 Å². The molecule has 2 amide bonds. The summed E-state index contributed by atoms with van der Waals surface area (Å²) in [6.45, 7) is 5.20. The van der Waals surface area contributed by atoms with Crippen molar-refractivity contribution in [3.8, 4) is 0 Å². The predicted molar refractivity (Wildman–Crippen MR) is 74.0 cm³/mol. The second kappa shape index (κ2) is 8.07. The summed E-state index contributed by atoms with van der Waals surface area (Å²) in [7, 11) is 0. The van der Waals surface area contributed by atoms with Crippen LogP contribution in [0.5, 0.6) is 0 Å². The molecule has 0 aliphatic heterocycles. The van der Waals surface area contributed by atoms with Gasteiger partial charge in [0.1, 0.15) is 0 Å². The number of amides is 2. The van der Waals surface area contributed by atoms with E-state index in [0.29, 0.717) is 24.3 Å². The first-order valence-electron chi connectivity index (χ1n) is 6.41. The lowest BCUT2D eigenvalue weighted by atomic mass is 10.2. The molecule has 0 spiro atoms. The molecule has 0 aromatic carbocycles. The van der Waals surface area contributed by atoms with Crippen LogP contribution in [0, 0.1) is 0 Å². The fourth-order valence-corrected chi connectivity index (χ4v) is 1.51. The van der Waals surface area contributed by atoms with Crippen molar-refractivity contribution in [3.63, 3.8) is 0 Å². The third kappa shape index (κ3) is 4.95. The highest BCUT2D eigenvalue weighted by Crippen LogP contribution is 2.12. The fraction of sp³-hybridized carbons (Fsp3) is 0.462. The third-order valence-corrected chi connectivity index (χ3v) is 2.41. The average Bonchev–Trinajstić information content (AvgIpc) is 2.43. The standard InChI is InChI=1S/C13H20N4O2/c1-3-6-16-12(18)9-17-13(19)10-5-7-14-8-11(10)15-4-2/h5,7-8,15H,3-4,6,9H2,1-2H3,(H,16,18)(H,17,19). The SMILES string of the molecule is CCCNC(=O)CNC(=O)c1ccncc1NCC. The Morgan fingerprint density at radius 1 is 1.26 bits per heavy atom. The summed E-state index contributed by atoms with van der Waals surface area (Å²) in [5.74, 6) is -0.473. The highest BCUT2D eigenvalue weighted by Gasteiger charge is 2.11. The summed E-state index contributed by atoms with van der Waals surface area (Å²) in [4.78, 5) is 27.3. The van der Waals surface area contributed by atoms with Crippen molar-refractivity contribution in [2.24, 2.45) is 0 Å². The van der Waals surface area contributed by atoms with Crippen molar-refractivity contribution in [1.29, 1.82) is 0 Å². The van der Waals surface area contributed by atoms with E-state index in [9.17, 15) is 9.59 Å². The minimum Gasteiger partial charge on any atom is -0.383 e. The number of pyridine rings is 1. The first-order valence-corrected chi connectivity index (χ1v) is 6.41. The number of carbonyl (C=O) groups is 2. The number of aromatic nitrogens is 1. The maximum Gasteiger partial charge on any atom is 0.253 e. The molecular weight excluding hydrogens is 244 g/mol. The number of nitrogens with one attached hydrogen (secondary N) is 3. The van der Waals surface area contributed by atoms with Crippen LogP contribution in [0.4, 0.5) is 5.69 Å². The number of hydrogen-bond donors (Lipinski definition) is 3. The normalized spacial score (nSPS) is 9.79. The van der Waals surface area contributed by atoms with E-state index in [1.54, 1.807) is 18.5 Å². The van der Waals surface area contributed by atoms with Gasteiger partial charge in [0, 0.05) is 19.3 Å². The first kappa shape index (κ1) is 14.9. The monoisotopic (exact) mass is 264 g/mol. The van der Waals surface area contributed by atoms with Gasteiger partial charge < -0.3 is 16.0 Å². The molecule has 0 saturated heterocycles. The topological polar surface area (TPSA) is 83.1 Å². The number of nitrogens with zero attached hydrogens (tertiary/aromatic N) is 1. The lowest BCUT2D eigenvalue weighted by molar-refractivity contribution is -0.120. The quantitative estimate of drug-likeness (QED) is 0.679. The smallest absolute Gasteiger partial charge is 0.253 e. The van der Waals surface area contributed by atoms with E-state index in [4.69, 9.17) is 0 Å². The van der Waals surface area contributed by atoms with Gasteiger partial charge in [-0.15, -0.1) is 0 Å². The van der Waals surface area contributed by atoms with E-state index < -0.39 is 0 Å². The molecule has 0 aliphatic rings. The Balaban J connectivity index is 2.56. The highest BCUT2D eigenvalue weighted by atomic mass is 16.2. The zero-order valence-electron chi connectivity index (χ0n) is 11.3. The Morgan fingerprint density at radius 3 is 2.74 bits per heavy atom. The summed E-state index contributed by atoms with van der Waals surface area (Å²) in [5, 5.41) is 8.34. The van der Waals surface area contributed by atoms with Crippen LogP contribution in [0.2, 0.25) is 0 Å². The van der Waals surface area contributed by atoms with Gasteiger partial charge in [-0.25, -0.2) is 0 Å². The van der Waals surface area contributed by atoms with Gasteiger partial charge in [-0.3, -0.25) is 14.6 Å². The lowest BCUT2D eigenvalue weighted by Gasteiger charge is -2.10. The highest BCUT2D eigenvalue weighted by molar-refractivity contribution is 6.00. The average molecular weight is 264 g/mol. The molecule has 19 heavy (non-hydrogen) atoms. The molecule has 0 aliphatic carbocycles. The summed E-state index contributed by atoms with van der Waals surface area (Å²) in [5.41, 5.74) is 1.15. The minimum atomic E-state index is -0.287. The van der Waals surface area contributed by atoms with Crippen LogP contribution >= 0.6 is 0 Å². The molecule has 0 radical (unpaired) electrons. The summed E-state index contributed by atoms with van der Waals surface area (Å²) in [6, 6.07) is 1.62. The fourth-order valence-electron chi connectivity index (χ4n) is 1.51. The summed E-state index contributed by atoms with van der Waals surface area (Å²) < 4.78 is 0. The van der Waals surface area contributed by atoms with Gasteiger partial charge in [-0.1, -0.05) is 6.92 Å². The van der Waals surface area contributed by atoms with Gasteiger partial charge in [0.05, 0.1) is 24.0 Å². The lowest BCUT2D eigenvalue weighted by Crippen LogP contribution is -2.37. The largest absolute Gasteiger partial charge is 0.383 e. The first-order chi connectivity index (χ1) is 9.19. The molecular formula is C13H20N4O2. The van der Waals surface area contributed by atoms with Crippen LogP contribution in [0.3, 0.4) is 0 Å². The molecule has 0 fully saturated rings. The number of rotatable bonds is 7. The Hall–Kier alpha value is -2.11. The zero-order valence-corrected chi connectivity index (χ0v) is 11.3. The molecule has 0 bridgehead atoms. The van der Waals surface area contributed by atoms with Gasteiger partial charge in [-0.2, -0.15) is 0 Å². The van der Waals surface area contributed by atoms with Crippen molar-refractivity contribution in [2.75, 3.05) is 25.0 Å². The van der Waals surface area contributed by atoms with Crippen molar-refractivity contribution >= 4 is 17.5 Å². The Bertz CT molecular complexity index is 434. The molecule has 1 aromatic rings. The second-order valence-corrected chi connectivity index (χ2v) is 3.98. The second-order valence-electron chi connectivity index (χ2n) is 3.98. The van der Waals surface area contributed by atoms with Crippen LogP contribution in [0.25, 0.3) is 0 Å². The van der Waals surface area contributed by atoms with Crippen molar-refractivity contribution in [1.82, 2.24) is 15.6 Å². The molecule has 0 saturated carbocycles. The molecule has 0 atom stereocenters. The molecule has 104 valence electrons. The molecule has 3 N–H and O–H groups in total. The van der Waals surface area contributed by atoms with E-state index in [-0.39, 0.29) is 18.4 Å². The maximum absolute atomic E-state index is 12.0. The Labute approximate surface area is 113 Å². The van der Waals surface area contributed by atoms with Crippen LogP contribution in [0.1, 0.15) is 30.6 Å². The van der Waals surface area contributed by atoms with E-state index in [1.807, 2.05) is 13.8 Å². The van der Waals surface area contributed by atoms with Gasteiger partial charge >= 0.3 is 0 Å². The van der Waals surface area contributed by atoms with E-state index >= 15 is 0 Å². The van der Waals surface area contributed by atoms with Crippen LogP contribution in [0.15, 0.2) is 18.5 Å². The van der Waals surface area contributed by atoms with E-state index in [1.165, 1.54) is 0 Å². The van der Waals surface area contributed by atoms with Crippen molar-refractivity contribution in [2.45, 2.75) is 20.3 Å². The number of hydrogen-bond acceptors (Lipinski definition) is 4. The molecule has 1 heterocycles. The molecule has 6 heteroatoms. The zero-order chi connectivity index (χ0) is 14.1. The molecule has 1 aromatic heterocycles. The van der Waals surface area contributed by atoms with Crippen LogP contribution in [-0.4, -0.2) is 36.4 Å². The Morgan fingerprint density at radius 2 is 2.05 bits per heavy atom. The number of anilines is 1. The minimum absolute atomic E-state index is 0.0211. The summed E-state index contributed by atoms with van der Waals surface area (Å²) >= 11 is 0. The molecule has 0 unspecified atom stereocenters. The summed E-state index contributed by atoms with van der Waals surface area (Å²) in [6.07, 6.45) is 4.01. The van der Waals surface area contributed by atoms with Crippen molar-refractivity contribution < 1.29 is 9.59 Å². The third-order valence-electron chi connectivity index (χ3n) is 2.41. The van der Waals surface area contributed by atoms with Crippen LogP contribution in [-0.2, 0) is 4.79 Å². The maximum atomic E-state index is 12.0. The van der Waals surface area contributed by atoms with Crippen molar-refractivity contribution in [3.05, 3.63) is 24.0 Å². The van der Waals surface area contributed by atoms with E-state index in [0.717, 1.165) is 6.42 Å². The van der Waals surface area contributed by atoms with Gasteiger partial charge in [0.2, 0.25) is 5.91 Å². The van der Waals surface area contributed by atoms with E-state index in [2.05, 4.69) is 20.9 Å². The Kier molecular flexibility index (Phi) is 6.35. The molecule has 6 nitrogen and oxygen atoms in total. The van der Waals surface area contributed by atoms with Gasteiger partial charge in [0.25, 0.3) is 5.91 Å². The number of carbonyl (C=O) groups excluding carboxylic acids is 2. The molecule has 1 rings (SSSR count). The van der Waals surface area contributed by atoms with Crippen LogP contribution < -0.4 is 16.0 Å².